The van der Waals surface area contributed by atoms with Gasteiger partial charge in [-0.15, -0.1) is 6.42 Å². The molecule has 144 valence electrons. The highest BCUT2D eigenvalue weighted by molar-refractivity contribution is 6.10. The Labute approximate surface area is 166 Å². The number of hydrogen-bond acceptors (Lipinski definition) is 5. The van der Waals surface area contributed by atoms with Crippen LogP contribution in [0.25, 0.3) is 21.8 Å². The van der Waals surface area contributed by atoms with E-state index in [0.717, 1.165) is 0 Å². The molecule has 4 aromatic rings. The van der Waals surface area contributed by atoms with Crippen molar-refractivity contribution in [2.75, 3.05) is 12.8 Å². The molecule has 1 amide bonds. The third-order valence-corrected chi connectivity index (χ3v) is 4.76. The van der Waals surface area contributed by atoms with Gasteiger partial charge in [-0.1, -0.05) is 5.92 Å². The van der Waals surface area contributed by atoms with Crippen molar-refractivity contribution in [2.45, 2.75) is 6.54 Å². The number of aryl methyl sites for hydroxylation is 1. The first-order valence-electron chi connectivity index (χ1n) is 8.76. The number of fused-ring (bicyclic) bond motifs is 3. The summed E-state index contributed by atoms with van der Waals surface area (Å²) in [6.45, 7) is 0.211. The third kappa shape index (κ3) is 3.12. The number of benzene rings is 1. The van der Waals surface area contributed by atoms with Crippen molar-refractivity contribution in [3.63, 3.8) is 0 Å². The van der Waals surface area contributed by atoms with Crippen molar-refractivity contribution in [1.29, 1.82) is 0 Å². The number of hydrogen-bond donors (Lipinski definition) is 1. The number of terminal acetylenes is 1. The number of anilines is 1. The highest BCUT2D eigenvalue weighted by Crippen LogP contribution is 2.29. The van der Waals surface area contributed by atoms with E-state index in [-0.39, 0.29) is 17.9 Å². The topological polar surface area (TPSA) is 89.9 Å². The van der Waals surface area contributed by atoms with Gasteiger partial charge in [0, 0.05) is 37.3 Å². The maximum Gasteiger partial charge on any atom is 0.256 e. The highest BCUT2D eigenvalue weighted by Gasteiger charge is 2.20. The summed E-state index contributed by atoms with van der Waals surface area (Å²) in [6, 6.07) is 6.20. The second kappa shape index (κ2) is 6.87. The third-order valence-electron chi connectivity index (χ3n) is 4.76. The van der Waals surface area contributed by atoms with Crippen LogP contribution in [0.4, 0.5) is 10.2 Å². The quantitative estimate of drug-likeness (QED) is 0.545. The maximum absolute atomic E-state index is 14.7. The van der Waals surface area contributed by atoms with Gasteiger partial charge in [-0.25, -0.2) is 9.37 Å². The van der Waals surface area contributed by atoms with E-state index in [0.29, 0.717) is 33.1 Å². The second-order valence-corrected chi connectivity index (χ2v) is 6.72. The number of halogens is 1. The molecule has 0 saturated carbocycles. The number of nitrogens with zero attached hydrogens (tertiary/aromatic N) is 5. The molecule has 8 heteroatoms. The van der Waals surface area contributed by atoms with Gasteiger partial charge in [-0.3, -0.25) is 14.5 Å². The van der Waals surface area contributed by atoms with E-state index in [9.17, 15) is 9.18 Å². The van der Waals surface area contributed by atoms with Crippen molar-refractivity contribution < 1.29 is 9.18 Å². The largest absolute Gasteiger partial charge is 0.383 e. The minimum atomic E-state index is -0.668. The minimum absolute atomic E-state index is 0.0608. The van der Waals surface area contributed by atoms with Crippen LogP contribution in [-0.4, -0.2) is 37.6 Å². The van der Waals surface area contributed by atoms with E-state index in [4.69, 9.17) is 12.2 Å². The zero-order chi connectivity index (χ0) is 20.7. The molecule has 0 spiro atoms. The standard InChI is InChI=1S/C21H17FN6O/c1-4-12-5-6-13(24-9-12)11-27(2)21(29)14-7-15-18(8-17(14)22)26-20(23)16-10-25-28(3)19(15)16/h1,5-10H,11H2,2-3H3,(H2,23,26). The summed E-state index contributed by atoms with van der Waals surface area (Å²) in [4.78, 5) is 22.8. The van der Waals surface area contributed by atoms with Gasteiger partial charge in [0.05, 0.1) is 40.4 Å². The Bertz CT molecular complexity index is 1300. The number of pyridine rings is 2. The molecule has 3 heterocycles. The molecule has 0 radical (unpaired) electrons. The molecule has 7 nitrogen and oxygen atoms in total. The van der Waals surface area contributed by atoms with E-state index in [1.807, 2.05) is 0 Å². The van der Waals surface area contributed by atoms with Gasteiger partial charge in [-0.05, 0) is 18.2 Å². The number of nitrogen functional groups attached to an aromatic ring is 1. The average molecular weight is 388 g/mol. The number of carbonyl (C=O) groups is 1. The molecule has 4 rings (SSSR count). The lowest BCUT2D eigenvalue weighted by molar-refractivity contribution is 0.0779. The van der Waals surface area contributed by atoms with Crippen molar-refractivity contribution in [1.82, 2.24) is 24.6 Å². The number of carbonyl (C=O) groups excluding carboxylic acids is 1. The fraction of sp³-hybridized carbons (Fsp3) is 0.143. The average Bonchev–Trinajstić information content (AvgIpc) is 3.10. The Kier molecular flexibility index (Phi) is 4.35. The molecule has 0 fully saturated rings. The van der Waals surface area contributed by atoms with Gasteiger partial charge in [0.1, 0.15) is 11.6 Å². The summed E-state index contributed by atoms with van der Waals surface area (Å²) in [6.07, 6.45) is 8.48. The molecule has 0 bridgehead atoms. The summed E-state index contributed by atoms with van der Waals surface area (Å²) in [5.74, 6) is 1.61. The number of aromatic nitrogens is 4. The van der Waals surface area contributed by atoms with Crippen LogP contribution < -0.4 is 5.73 Å². The Hall–Kier alpha value is -3.99. The monoisotopic (exact) mass is 388 g/mol. The zero-order valence-electron chi connectivity index (χ0n) is 15.8. The number of rotatable bonds is 3. The molecule has 2 N–H and O–H groups in total. The number of nitrogens with two attached hydrogens (primary N) is 1. The maximum atomic E-state index is 14.7. The molecule has 0 aliphatic carbocycles. The Balaban J connectivity index is 1.74. The van der Waals surface area contributed by atoms with Crippen LogP contribution in [0.3, 0.4) is 0 Å². The van der Waals surface area contributed by atoms with Gasteiger partial charge in [0.15, 0.2) is 0 Å². The lowest BCUT2D eigenvalue weighted by Gasteiger charge is -2.18. The Morgan fingerprint density at radius 2 is 2.10 bits per heavy atom. The fourth-order valence-electron chi connectivity index (χ4n) is 3.27. The molecule has 3 aromatic heterocycles. The molecule has 0 aliphatic rings. The zero-order valence-corrected chi connectivity index (χ0v) is 15.8. The van der Waals surface area contributed by atoms with Gasteiger partial charge >= 0.3 is 0 Å². The van der Waals surface area contributed by atoms with Gasteiger partial charge in [-0.2, -0.15) is 5.10 Å². The lowest BCUT2D eigenvalue weighted by atomic mass is 10.1. The molecular formula is C21H17FN6O. The Morgan fingerprint density at radius 1 is 1.31 bits per heavy atom. The summed E-state index contributed by atoms with van der Waals surface area (Å²) in [7, 11) is 3.34. The summed E-state index contributed by atoms with van der Waals surface area (Å²) >= 11 is 0. The van der Waals surface area contributed by atoms with Crippen molar-refractivity contribution >= 4 is 33.5 Å². The van der Waals surface area contributed by atoms with E-state index in [1.54, 1.807) is 43.3 Å². The summed E-state index contributed by atoms with van der Waals surface area (Å²) in [5.41, 5.74) is 8.24. The van der Waals surface area contributed by atoms with Gasteiger partial charge in [0.25, 0.3) is 5.91 Å². The van der Waals surface area contributed by atoms with Gasteiger partial charge < -0.3 is 10.6 Å². The van der Waals surface area contributed by atoms with Crippen molar-refractivity contribution in [3.05, 3.63) is 59.3 Å². The van der Waals surface area contributed by atoms with Gasteiger partial charge in [0.2, 0.25) is 0 Å². The van der Waals surface area contributed by atoms with Crippen LogP contribution >= 0.6 is 0 Å². The second-order valence-electron chi connectivity index (χ2n) is 6.72. The SMILES string of the molecule is C#Cc1ccc(CN(C)C(=O)c2cc3c(cc2F)nc(N)c2cnn(C)c23)nc1. The predicted octanol–water partition coefficient (Wildman–Crippen LogP) is 2.49. The molecule has 0 saturated heterocycles. The lowest BCUT2D eigenvalue weighted by Crippen LogP contribution is -2.27. The first kappa shape index (κ1) is 18.4. The van der Waals surface area contributed by atoms with Crippen LogP contribution in [0.15, 0.2) is 36.7 Å². The van der Waals surface area contributed by atoms with Crippen LogP contribution in [0.5, 0.6) is 0 Å². The number of amides is 1. The van der Waals surface area contributed by atoms with E-state index < -0.39 is 11.7 Å². The van der Waals surface area contributed by atoms with E-state index in [1.165, 1.54) is 17.0 Å². The molecule has 0 atom stereocenters. The Morgan fingerprint density at radius 3 is 2.79 bits per heavy atom. The van der Waals surface area contributed by atoms with Crippen molar-refractivity contribution in [3.8, 4) is 12.3 Å². The molecule has 0 unspecified atom stereocenters. The van der Waals surface area contributed by atoms with E-state index in [2.05, 4.69) is 21.0 Å². The van der Waals surface area contributed by atoms with Crippen LogP contribution in [0.1, 0.15) is 21.6 Å². The first-order valence-corrected chi connectivity index (χ1v) is 8.76. The molecule has 29 heavy (non-hydrogen) atoms. The molecule has 0 aliphatic heterocycles. The predicted molar refractivity (Wildman–Crippen MR) is 108 cm³/mol. The van der Waals surface area contributed by atoms with Crippen LogP contribution in [0, 0.1) is 18.2 Å². The highest BCUT2D eigenvalue weighted by atomic mass is 19.1. The molecule has 1 aromatic carbocycles. The summed E-state index contributed by atoms with van der Waals surface area (Å²) < 4.78 is 16.4. The van der Waals surface area contributed by atoms with Crippen molar-refractivity contribution in [2.24, 2.45) is 7.05 Å². The summed E-state index contributed by atoms with van der Waals surface area (Å²) in [5, 5.41) is 5.44. The smallest absolute Gasteiger partial charge is 0.256 e. The van der Waals surface area contributed by atoms with Crippen LogP contribution in [-0.2, 0) is 13.6 Å². The molecular weight excluding hydrogens is 371 g/mol. The first-order chi connectivity index (χ1) is 13.9. The van der Waals surface area contributed by atoms with E-state index >= 15 is 0 Å². The fourth-order valence-corrected chi connectivity index (χ4v) is 3.27. The normalized spacial score (nSPS) is 11.0. The van der Waals surface area contributed by atoms with Crippen LogP contribution in [0.2, 0.25) is 0 Å². The minimum Gasteiger partial charge on any atom is -0.383 e.